The molecule has 0 amide bonds. The third-order valence-electron chi connectivity index (χ3n) is 2.15. The number of carbonyl (C=O) groups is 1. The van der Waals surface area contributed by atoms with E-state index in [0.717, 1.165) is 5.56 Å². The average Bonchev–Trinajstić information content (AvgIpc) is 2.33. The van der Waals surface area contributed by atoms with Crippen LogP contribution in [0.4, 0.5) is 11.4 Å². The van der Waals surface area contributed by atoms with Crippen molar-refractivity contribution >= 4 is 23.7 Å². The number of rotatable bonds is 6. The molecule has 0 aliphatic carbocycles. The van der Waals surface area contributed by atoms with Crippen molar-refractivity contribution in [2.45, 2.75) is 20.1 Å². The normalized spacial score (nSPS) is 11.4. The Bertz CT molecular complexity index is 439. The summed E-state index contributed by atoms with van der Waals surface area (Å²) < 4.78 is 5.14. The Labute approximate surface area is 99.5 Å². The van der Waals surface area contributed by atoms with Crippen molar-refractivity contribution in [3.63, 3.8) is 0 Å². The molecule has 0 saturated heterocycles. The van der Waals surface area contributed by atoms with Gasteiger partial charge in [0.05, 0.1) is 5.69 Å². The molecule has 1 rings (SSSR count). The maximum atomic E-state index is 10.7. The number of hydrogen-bond donors (Lipinski definition) is 1. The molecule has 0 bridgehead atoms. The molecule has 0 aliphatic heterocycles. The zero-order valence-electron chi connectivity index (χ0n) is 9.77. The van der Waals surface area contributed by atoms with Crippen LogP contribution in [0.3, 0.4) is 0 Å². The molecule has 1 N–H and O–H groups in total. The Morgan fingerprint density at radius 1 is 1.59 bits per heavy atom. The van der Waals surface area contributed by atoms with Gasteiger partial charge in [0, 0.05) is 12.3 Å². The summed E-state index contributed by atoms with van der Waals surface area (Å²) in [5, 5.41) is 2.88. The van der Waals surface area contributed by atoms with Crippen LogP contribution in [0, 0.1) is 6.92 Å². The van der Waals surface area contributed by atoms with Gasteiger partial charge in [-0.3, -0.25) is 4.79 Å². The molecule has 90 valence electrons. The van der Waals surface area contributed by atoms with Gasteiger partial charge in [0.15, 0.2) is 12.5 Å². The molecule has 1 aromatic carbocycles. The molecule has 0 radical (unpaired) electrons. The number of nitrogens with one attached hydrogen (secondary N) is 1. The molecule has 0 spiro atoms. The van der Waals surface area contributed by atoms with Crippen molar-refractivity contribution in [3.8, 4) is 0 Å². The highest BCUT2D eigenvalue weighted by Gasteiger charge is 2.07. The number of benzene rings is 1. The predicted molar refractivity (Wildman–Crippen MR) is 64.1 cm³/mol. The predicted octanol–water partition coefficient (Wildman–Crippen LogP) is 1.94. The first-order valence-corrected chi connectivity index (χ1v) is 5.23. The molecule has 1 unspecified atom stereocenters. The fourth-order valence-electron chi connectivity index (χ4n) is 1.33. The van der Waals surface area contributed by atoms with Crippen molar-refractivity contribution in [2.75, 3.05) is 11.9 Å². The van der Waals surface area contributed by atoms with Crippen molar-refractivity contribution in [1.82, 2.24) is 0 Å². The van der Waals surface area contributed by atoms with E-state index in [1.165, 1.54) is 6.08 Å². The highest BCUT2D eigenvalue weighted by atomic mass is 16.5. The first-order chi connectivity index (χ1) is 8.21. The van der Waals surface area contributed by atoms with E-state index >= 15 is 0 Å². The Kier molecular flexibility index (Phi) is 5.07. The summed E-state index contributed by atoms with van der Waals surface area (Å²) >= 11 is 0. The zero-order valence-corrected chi connectivity index (χ0v) is 9.77. The topological polar surface area (TPSA) is 67.8 Å². The second kappa shape index (κ2) is 6.58. The molecule has 0 aromatic heterocycles. The van der Waals surface area contributed by atoms with Crippen molar-refractivity contribution in [2.24, 2.45) is 4.99 Å². The van der Waals surface area contributed by atoms with Crippen LogP contribution in [-0.4, -0.2) is 25.2 Å². The molecule has 0 fully saturated rings. The molecule has 5 nitrogen and oxygen atoms in total. The molecule has 5 heteroatoms. The number of anilines is 1. The van der Waals surface area contributed by atoms with E-state index in [1.54, 1.807) is 25.1 Å². The van der Waals surface area contributed by atoms with E-state index in [0.29, 0.717) is 24.3 Å². The highest BCUT2D eigenvalue weighted by Crippen LogP contribution is 2.22. The Morgan fingerprint density at radius 3 is 2.94 bits per heavy atom. The molecule has 0 saturated carbocycles. The molecule has 17 heavy (non-hydrogen) atoms. The summed E-state index contributed by atoms with van der Waals surface area (Å²) in [6.45, 7) is 4.07. The monoisotopic (exact) mass is 234 g/mol. The van der Waals surface area contributed by atoms with E-state index in [9.17, 15) is 9.59 Å². The molecule has 1 atom stereocenters. The summed E-state index contributed by atoms with van der Waals surface area (Å²) in [7, 11) is 0. The Balaban J connectivity index is 2.87. The quantitative estimate of drug-likeness (QED) is 0.353. The summed E-state index contributed by atoms with van der Waals surface area (Å²) in [6.07, 6.45) is 1.47. The lowest BCUT2D eigenvalue weighted by molar-refractivity contribution is -0.116. The summed E-state index contributed by atoms with van der Waals surface area (Å²) in [5.41, 5.74) is 2.04. The largest absolute Gasteiger partial charge is 0.354 e. The van der Waals surface area contributed by atoms with Crippen molar-refractivity contribution in [3.05, 3.63) is 23.8 Å². The average molecular weight is 234 g/mol. The van der Waals surface area contributed by atoms with E-state index < -0.39 is 6.23 Å². The molecule has 0 heterocycles. The molecule has 0 aliphatic rings. The standard InChI is InChI=1S/C12H14N2O3/c1-3-17-12(7-15)14-10-5-4-9(2)11(6-10)13-8-16/h4-7,12,14H,3H2,1-2H3. The molecular formula is C12H14N2O3. The minimum absolute atomic E-state index is 0.432. The van der Waals surface area contributed by atoms with E-state index in [-0.39, 0.29) is 0 Å². The third-order valence-corrected chi connectivity index (χ3v) is 2.15. The number of carbonyl (C=O) groups excluding carboxylic acids is 2. The van der Waals surface area contributed by atoms with E-state index in [4.69, 9.17) is 4.74 Å². The molecule has 1 aromatic rings. The van der Waals surface area contributed by atoms with Gasteiger partial charge in [0.2, 0.25) is 6.08 Å². The summed E-state index contributed by atoms with van der Waals surface area (Å²) in [5.74, 6) is 0. The van der Waals surface area contributed by atoms with Crippen molar-refractivity contribution in [1.29, 1.82) is 0 Å². The lowest BCUT2D eigenvalue weighted by Gasteiger charge is -2.14. The first-order valence-electron chi connectivity index (χ1n) is 5.23. The van der Waals surface area contributed by atoms with Crippen LogP contribution in [0.25, 0.3) is 0 Å². The van der Waals surface area contributed by atoms with Gasteiger partial charge in [-0.2, -0.15) is 4.99 Å². The van der Waals surface area contributed by atoms with Crippen LogP contribution in [0.5, 0.6) is 0 Å². The number of aldehydes is 1. The minimum atomic E-state index is -0.698. The van der Waals surface area contributed by atoms with Crippen LogP contribution in [-0.2, 0) is 14.3 Å². The number of nitrogens with zero attached hydrogens (tertiary/aromatic N) is 1. The summed E-state index contributed by atoms with van der Waals surface area (Å²) in [6, 6.07) is 5.25. The van der Waals surface area contributed by atoms with Crippen LogP contribution < -0.4 is 5.32 Å². The number of ether oxygens (including phenoxy) is 1. The summed E-state index contributed by atoms with van der Waals surface area (Å²) in [4.78, 5) is 24.5. The van der Waals surface area contributed by atoms with Crippen LogP contribution in [0.1, 0.15) is 12.5 Å². The van der Waals surface area contributed by atoms with Gasteiger partial charge in [-0.1, -0.05) is 6.07 Å². The lowest BCUT2D eigenvalue weighted by atomic mass is 10.2. The second-order valence-electron chi connectivity index (χ2n) is 3.36. The number of aliphatic imine (C=N–C) groups is 1. The van der Waals surface area contributed by atoms with Gasteiger partial charge in [0.1, 0.15) is 0 Å². The van der Waals surface area contributed by atoms with Crippen LogP contribution >= 0.6 is 0 Å². The van der Waals surface area contributed by atoms with Crippen LogP contribution in [0.2, 0.25) is 0 Å². The fourth-order valence-corrected chi connectivity index (χ4v) is 1.33. The maximum Gasteiger partial charge on any atom is 0.240 e. The Morgan fingerprint density at radius 2 is 2.35 bits per heavy atom. The third kappa shape index (κ3) is 3.83. The first kappa shape index (κ1) is 13.1. The van der Waals surface area contributed by atoms with Gasteiger partial charge >= 0.3 is 0 Å². The fraction of sp³-hybridized carbons (Fsp3) is 0.333. The molecular weight excluding hydrogens is 220 g/mol. The number of isocyanates is 1. The van der Waals surface area contributed by atoms with Gasteiger partial charge in [0.25, 0.3) is 0 Å². The SMILES string of the molecule is CCOC(C=O)Nc1ccc(C)c(N=C=O)c1. The van der Waals surface area contributed by atoms with Crippen molar-refractivity contribution < 1.29 is 14.3 Å². The van der Waals surface area contributed by atoms with Crippen LogP contribution in [0.15, 0.2) is 23.2 Å². The smallest absolute Gasteiger partial charge is 0.240 e. The second-order valence-corrected chi connectivity index (χ2v) is 3.36. The highest BCUT2D eigenvalue weighted by molar-refractivity contribution is 5.66. The minimum Gasteiger partial charge on any atom is -0.354 e. The number of hydrogen-bond acceptors (Lipinski definition) is 5. The lowest BCUT2D eigenvalue weighted by Crippen LogP contribution is -2.24. The van der Waals surface area contributed by atoms with E-state index in [1.807, 2.05) is 6.92 Å². The Hall–Kier alpha value is -1.97. The maximum absolute atomic E-state index is 10.7. The van der Waals surface area contributed by atoms with Gasteiger partial charge in [-0.15, -0.1) is 0 Å². The van der Waals surface area contributed by atoms with Gasteiger partial charge in [-0.05, 0) is 31.5 Å². The van der Waals surface area contributed by atoms with Gasteiger partial charge in [-0.25, -0.2) is 4.79 Å². The van der Waals surface area contributed by atoms with E-state index in [2.05, 4.69) is 10.3 Å². The zero-order chi connectivity index (χ0) is 12.7. The van der Waals surface area contributed by atoms with Gasteiger partial charge < -0.3 is 10.1 Å². The number of aryl methyl sites for hydroxylation is 1.